The normalized spacial score (nSPS) is 10.8. The zero-order chi connectivity index (χ0) is 15.0. The predicted molar refractivity (Wildman–Crippen MR) is 81.8 cm³/mol. The van der Waals surface area contributed by atoms with Crippen molar-refractivity contribution in [2.45, 2.75) is 0 Å². The molecule has 0 spiro atoms. The van der Waals surface area contributed by atoms with Gasteiger partial charge in [0.2, 0.25) is 0 Å². The average Bonchev–Trinajstić information content (AvgIpc) is 2.83. The molecule has 3 aromatic rings. The van der Waals surface area contributed by atoms with E-state index in [4.69, 9.17) is 33.5 Å². The molecule has 21 heavy (non-hydrogen) atoms. The molecule has 0 saturated carbocycles. The minimum absolute atomic E-state index is 0.159. The molecule has 0 fully saturated rings. The minimum atomic E-state index is -0.473. The van der Waals surface area contributed by atoms with Gasteiger partial charge in [0.15, 0.2) is 11.6 Å². The second kappa shape index (κ2) is 5.39. The molecule has 0 amide bonds. The largest absolute Gasteiger partial charge is 0.380 e. The summed E-state index contributed by atoms with van der Waals surface area (Å²) in [6.07, 6.45) is 0. The molecule has 0 unspecified atom stereocenters. The molecule has 0 atom stereocenters. The Hall–Kier alpha value is -2.04. The molecule has 1 heterocycles. The Labute approximate surface area is 130 Å². The average molecular weight is 323 g/mol. The molecule has 0 bridgehead atoms. The number of hydrogen-bond donors (Lipinski definition) is 1. The summed E-state index contributed by atoms with van der Waals surface area (Å²) in [5.41, 5.74) is 7.22. The first-order valence-corrected chi connectivity index (χ1v) is 6.78. The molecule has 6 heteroatoms. The summed E-state index contributed by atoms with van der Waals surface area (Å²) in [5, 5.41) is 4.64. The summed E-state index contributed by atoms with van der Waals surface area (Å²) in [5.74, 6) is -0.0970. The number of anilines is 1. The first-order chi connectivity index (χ1) is 10.1. The molecule has 2 aromatic carbocycles. The van der Waals surface area contributed by atoms with Gasteiger partial charge in [0.1, 0.15) is 5.82 Å². The van der Waals surface area contributed by atoms with Gasteiger partial charge in [0.05, 0.1) is 11.1 Å². The van der Waals surface area contributed by atoms with Gasteiger partial charge in [-0.3, -0.25) is 0 Å². The van der Waals surface area contributed by atoms with Crippen LogP contribution < -0.4 is 5.73 Å². The molecule has 3 rings (SSSR count). The molecule has 106 valence electrons. The zero-order valence-corrected chi connectivity index (χ0v) is 12.1. The van der Waals surface area contributed by atoms with Crippen molar-refractivity contribution in [3.8, 4) is 22.5 Å². The van der Waals surface area contributed by atoms with E-state index in [1.807, 2.05) is 0 Å². The van der Waals surface area contributed by atoms with E-state index in [2.05, 4.69) is 5.16 Å². The van der Waals surface area contributed by atoms with E-state index in [0.29, 0.717) is 21.2 Å². The van der Waals surface area contributed by atoms with Crippen LogP contribution in [0.4, 0.5) is 10.2 Å². The number of aromatic nitrogens is 1. The van der Waals surface area contributed by atoms with Crippen molar-refractivity contribution < 1.29 is 8.91 Å². The predicted octanol–water partition coefficient (Wildman–Crippen LogP) is 5.04. The number of nitrogens with two attached hydrogens (primary N) is 1. The number of nitrogen functional groups attached to an aromatic ring is 1. The van der Waals surface area contributed by atoms with Crippen LogP contribution in [0.25, 0.3) is 22.5 Å². The van der Waals surface area contributed by atoms with E-state index in [1.54, 1.807) is 24.3 Å². The number of rotatable bonds is 2. The Morgan fingerprint density at radius 3 is 2.57 bits per heavy atom. The van der Waals surface area contributed by atoms with Crippen LogP contribution in [0.1, 0.15) is 0 Å². The second-order valence-electron chi connectivity index (χ2n) is 4.41. The molecule has 2 N–H and O–H groups in total. The summed E-state index contributed by atoms with van der Waals surface area (Å²) in [6.45, 7) is 0. The first kappa shape index (κ1) is 13.9. The lowest BCUT2D eigenvalue weighted by molar-refractivity contribution is 0.433. The maximum atomic E-state index is 14.0. The number of benzene rings is 2. The summed E-state index contributed by atoms with van der Waals surface area (Å²) in [7, 11) is 0. The van der Waals surface area contributed by atoms with Gasteiger partial charge in [-0.05, 0) is 35.9 Å². The molecular formula is C15H9Cl2FN2O. The van der Waals surface area contributed by atoms with Crippen LogP contribution in [0.2, 0.25) is 10.0 Å². The first-order valence-electron chi connectivity index (χ1n) is 6.03. The lowest BCUT2D eigenvalue weighted by Crippen LogP contribution is -1.90. The second-order valence-corrected chi connectivity index (χ2v) is 5.28. The van der Waals surface area contributed by atoms with Crippen LogP contribution in [-0.2, 0) is 0 Å². The molecule has 3 nitrogen and oxygen atoms in total. The number of hydrogen-bond acceptors (Lipinski definition) is 3. The fourth-order valence-electron chi connectivity index (χ4n) is 2.08. The Morgan fingerprint density at radius 1 is 1.05 bits per heavy atom. The van der Waals surface area contributed by atoms with Gasteiger partial charge in [-0.15, -0.1) is 0 Å². The Bertz CT molecular complexity index is 817. The highest BCUT2D eigenvalue weighted by Gasteiger charge is 2.20. The Morgan fingerprint density at radius 2 is 1.81 bits per heavy atom. The van der Waals surface area contributed by atoms with Crippen LogP contribution in [0.3, 0.4) is 0 Å². The highest BCUT2D eigenvalue weighted by atomic mass is 35.5. The number of nitrogens with zero attached hydrogens (tertiary/aromatic N) is 1. The SMILES string of the molecule is Nc1noc(-c2cc(Cl)ccc2F)c1-c1cccc(Cl)c1. The van der Waals surface area contributed by atoms with Crippen molar-refractivity contribution >= 4 is 29.0 Å². The third-order valence-electron chi connectivity index (χ3n) is 3.00. The number of halogens is 3. The summed E-state index contributed by atoms with van der Waals surface area (Å²) < 4.78 is 19.2. The van der Waals surface area contributed by atoms with Crippen molar-refractivity contribution in [2.75, 3.05) is 5.73 Å². The van der Waals surface area contributed by atoms with Crippen molar-refractivity contribution in [2.24, 2.45) is 0 Å². The fourth-order valence-corrected chi connectivity index (χ4v) is 2.44. The lowest BCUT2D eigenvalue weighted by Gasteiger charge is -2.05. The molecule has 0 aliphatic carbocycles. The van der Waals surface area contributed by atoms with Crippen molar-refractivity contribution in [3.05, 3.63) is 58.3 Å². The zero-order valence-electron chi connectivity index (χ0n) is 10.6. The maximum absolute atomic E-state index is 14.0. The van der Waals surface area contributed by atoms with Gasteiger partial charge in [-0.2, -0.15) is 0 Å². The molecule has 0 radical (unpaired) electrons. The molecule has 0 aliphatic heterocycles. The maximum Gasteiger partial charge on any atom is 0.179 e. The molecular weight excluding hydrogens is 314 g/mol. The third-order valence-corrected chi connectivity index (χ3v) is 3.48. The van der Waals surface area contributed by atoms with Crippen LogP contribution in [0, 0.1) is 5.82 Å². The van der Waals surface area contributed by atoms with E-state index in [1.165, 1.54) is 18.2 Å². The highest BCUT2D eigenvalue weighted by Crippen LogP contribution is 2.39. The molecule has 0 saturated heterocycles. The standard InChI is InChI=1S/C15H9Cl2FN2O/c16-9-3-1-2-8(6-9)13-14(21-20-15(13)19)11-7-10(17)4-5-12(11)18/h1-7H,(H2,19,20). The van der Waals surface area contributed by atoms with Crippen LogP contribution in [0.15, 0.2) is 47.0 Å². The fraction of sp³-hybridized carbons (Fsp3) is 0. The minimum Gasteiger partial charge on any atom is -0.380 e. The smallest absolute Gasteiger partial charge is 0.179 e. The van der Waals surface area contributed by atoms with Crippen molar-refractivity contribution in [1.29, 1.82) is 0 Å². The van der Waals surface area contributed by atoms with E-state index < -0.39 is 5.82 Å². The molecule has 1 aromatic heterocycles. The van der Waals surface area contributed by atoms with Gasteiger partial charge in [-0.1, -0.05) is 40.5 Å². The van der Waals surface area contributed by atoms with E-state index in [-0.39, 0.29) is 17.1 Å². The van der Waals surface area contributed by atoms with Crippen LogP contribution in [0.5, 0.6) is 0 Å². The Balaban J connectivity index is 2.24. The van der Waals surface area contributed by atoms with E-state index in [9.17, 15) is 4.39 Å². The van der Waals surface area contributed by atoms with Gasteiger partial charge in [-0.25, -0.2) is 4.39 Å². The van der Waals surface area contributed by atoms with Gasteiger partial charge in [0.25, 0.3) is 0 Å². The van der Waals surface area contributed by atoms with Gasteiger partial charge in [0, 0.05) is 10.0 Å². The quantitative estimate of drug-likeness (QED) is 0.719. The lowest BCUT2D eigenvalue weighted by atomic mass is 10.0. The topological polar surface area (TPSA) is 52.0 Å². The summed E-state index contributed by atoms with van der Waals surface area (Å²) in [4.78, 5) is 0. The van der Waals surface area contributed by atoms with Crippen molar-refractivity contribution in [3.63, 3.8) is 0 Å². The Kier molecular flexibility index (Phi) is 3.57. The third kappa shape index (κ3) is 2.60. The monoisotopic (exact) mass is 322 g/mol. The van der Waals surface area contributed by atoms with Gasteiger partial charge < -0.3 is 10.3 Å². The van der Waals surface area contributed by atoms with E-state index in [0.717, 1.165) is 0 Å². The van der Waals surface area contributed by atoms with E-state index >= 15 is 0 Å². The summed E-state index contributed by atoms with van der Waals surface area (Å²) >= 11 is 11.9. The highest BCUT2D eigenvalue weighted by molar-refractivity contribution is 6.31. The van der Waals surface area contributed by atoms with Crippen molar-refractivity contribution in [1.82, 2.24) is 5.16 Å². The van der Waals surface area contributed by atoms with Crippen LogP contribution >= 0.6 is 23.2 Å². The summed E-state index contributed by atoms with van der Waals surface area (Å²) in [6, 6.07) is 11.2. The van der Waals surface area contributed by atoms with Crippen LogP contribution in [-0.4, -0.2) is 5.16 Å². The molecule has 0 aliphatic rings. The van der Waals surface area contributed by atoms with Gasteiger partial charge >= 0.3 is 0 Å².